The second-order valence-corrected chi connectivity index (χ2v) is 3.56. The molecule has 0 radical (unpaired) electrons. The molecule has 0 unspecified atom stereocenters. The van der Waals surface area contributed by atoms with E-state index in [1.54, 1.807) is 0 Å². The van der Waals surface area contributed by atoms with Crippen molar-refractivity contribution in [3.05, 3.63) is 29.1 Å². The molecule has 3 nitrogen and oxygen atoms in total. The first-order chi connectivity index (χ1) is 7.31. The van der Waals surface area contributed by atoms with Crippen molar-refractivity contribution in [2.75, 3.05) is 13.3 Å². The molecule has 15 heavy (non-hydrogen) atoms. The highest BCUT2D eigenvalue weighted by atomic mass is 19.1. The van der Waals surface area contributed by atoms with Crippen molar-refractivity contribution in [1.29, 1.82) is 0 Å². The lowest BCUT2D eigenvalue weighted by Crippen LogP contribution is -2.14. The van der Waals surface area contributed by atoms with Gasteiger partial charge in [0, 0.05) is 5.56 Å². The molecule has 0 bridgehead atoms. The van der Waals surface area contributed by atoms with E-state index in [0.717, 1.165) is 29.7 Å². The van der Waals surface area contributed by atoms with Crippen LogP contribution < -0.4 is 10.5 Å². The zero-order valence-corrected chi connectivity index (χ0v) is 8.46. The van der Waals surface area contributed by atoms with E-state index in [1.165, 1.54) is 12.1 Å². The maximum absolute atomic E-state index is 13.2. The average molecular weight is 211 g/mol. The number of aryl methyl sites for hydroxylation is 1. The van der Waals surface area contributed by atoms with E-state index in [9.17, 15) is 4.39 Å². The maximum atomic E-state index is 13.2. The molecule has 0 fully saturated rings. The number of fused-ring (bicyclic) bond motifs is 1. The molecule has 0 amide bonds. The Hall–Kier alpha value is -1.13. The van der Waals surface area contributed by atoms with Gasteiger partial charge in [-0.05, 0) is 37.1 Å². The van der Waals surface area contributed by atoms with Gasteiger partial charge in [-0.1, -0.05) is 0 Å². The monoisotopic (exact) mass is 211 g/mol. The van der Waals surface area contributed by atoms with Crippen LogP contribution >= 0.6 is 0 Å². The molecule has 0 saturated heterocycles. The molecule has 0 saturated carbocycles. The third-order valence-electron chi connectivity index (χ3n) is 2.40. The molecule has 4 heteroatoms. The minimum Gasteiger partial charge on any atom is -0.467 e. The van der Waals surface area contributed by atoms with Gasteiger partial charge in [0.25, 0.3) is 0 Å². The highest BCUT2D eigenvalue weighted by Gasteiger charge is 2.16. The fraction of sp³-hybridized carbons (Fsp3) is 0.455. The van der Waals surface area contributed by atoms with Crippen molar-refractivity contribution in [1.82, 2.24) is 0 Å². The average Bonchev–Trinajstić information content (AvgIpc) is 2.25. The Labute approximate surface area is 88.0 Å². The number of benzene rings is 1. The highest BCUT2D eigenvalue weighted by molar-refractivity contribution is 5.42. The summed E-state index contributed by atoms with van der Waals surface area (Å²) < 4.78 is 23.7. The van der Waals surface area contributed by atoms with Gasteiger partial charge in [0.2, 0.25) is 0 Å². The van der Waals surface area contributed by atoms with E-state index < -0.39 is 0 Å². The molecule has 1 aliphatic heterocycles. The molecule has 82 valence electrons. The standard InChI is InChI=1S/C11H14FNO2/c12-10-4-8(2-1-3-13)11-9(5-10)6-14-7-15-11/h4-5H,1-3,6-7,13H2. The number of halogens is 1. The van der Waals surface area contributed by atoms with Crippen LogP contribution in [0.4, 0.5) is 4.39 Å². The molecular weight excluding hydrogens is 197 g/mol. The van der Waals surface area contributed by atoms with Gasteiger partial charge in [-0.2, -0.15) is 0 Å². The SMILES string of the molecule is NCCCc1cc(F)cc2c1OCOC2. The topological polar surface area (TPSA) is 44.5 Å². The molecule has 0 spiro atoms. The smallest absolute Gasteiger partial charge is 0.189 e. The second kappa shape index (κ2) is 4.59. The van der Waals surface area contributed by atoms with E-state index in [-0.39, 0.29) is 12.6 Å². The largest absolute Gasteiger partial charge is 0.467 e. The van der Waals surface area contributed by atoms with Crippen LogP contribution in [0.1, 0.15) is 17.5 Å². The Morgan fingerprint density at radius 1 is 1.40 bits per heavy atom. The number of ether oxygens (including phenoxy) is 2. The summed E-state index contributed by atoms with van der Waals surface area (Å²) in [6, 6.07) is 2.97. The lowest BCUT2D eigenvalue weighted by Gasteiger charge is -2.20. The summed E-state index contributed by atoms with van der Waals surface area (Å²) in [5.74, 6) is 0.533. The van der Waals surface area contributed by atoms with Gasteiger partial charge in [-0.25, -0.2) is 4.39 Å². The van der Waals surface area contributed by atoms with Crippen LogP contribution in [0.5, 0.6) is 5.75 Å². The van der Waals surface area contributed by atoms with Gasteiger partial charge in [-0.3, -0.25) is 0 Å². The van der Waals surface area contributed by atoms with Gasteiger partial charge < -0.3 is 15.2 Å². The minimum absolute atomic E-state index is 0.241. The number of rotatable bonds is 3. The molecule has 0 aliphatic carbocycles. The van der Waals surface area contributed by atoms with E-state index in [4.69, 9.17) is 15.2 Å². The quantitative estimate of drug-likeness (QED) is 0.825. The Balaban J connectivity index is 2.30. The zero-order chi connectivity index (χ0) is 10.7. The van der Waals surface area contributed by atoms with Crippen molar-refractivity contribution in [2.45, 2.75) is 19.4 Å². The Morgan fingerprint density at radius 3 is 3.07 bits per heavy atom. The lowest BCUT2D eigenvalue weighted by molar-refractivity contribution is -0.0172. The first-order valence-electron chi connectivity index (χ1n) is 5.03. The maximum Gasteiger partial charge on any atom is 0.189 e. The van der Waals surface area contributed by atoms with Crippen LogP contribution in [0.3, 0.4) is 0 Å². The van der Waals surface area contributed by atoms with Crippen molar-refractivity contribution in [3.63, 3.8) is 0 Å². The summed E-state index contributed by atoms with van der Waals surface area (Å²) in [6.07, 6.45) is 1.58. The predicted molar refractivity (Wildman–Crippen MR) is 54.1 cm³/mol. The number of hydrogen-bond donors (Lipinski definition) is 1. The first kappa shape index (κ1) is 10.4. The van der Waals surface area contributed by atoms with Crippen LogP contribution in [0, 0.1) is 5.82 Å². The molecule has 1 aromatic carbocycles. The van der Waals surface area contributed by atoms with Gasteiger partial charge in [-0.15, -0.1) is 0 Å². The van der Waals surface area contributed by atoms with Gasteiger partial charge in [0.15, 0.2) is 6.79 Å². The molecular formula is C11H14FNO2. The minimum atomic E-state index is -0.241. The van der Waals surface area contributed by atoms with Crippen LogP contribution in [0.15, 0.2) is 12.1 Å². The summed E-state index contributed by atoms with van der Waals surface area (Å²) >= 11 is 0. The lowest BCUT2D eigenvalue weighted by atomic mass is 10.0. The molecule has 0 atom stereocenters. The number of hydrogen-bond acceptors (Lipinski definition) is 3. The van der Waals surface area contributed by atoms with Gasteiger partial charge in [0.05, 0.1) is 6.61 Å². The van der Waals surface area contributed by atoms with Crippen LogP contribution in [-0.4, -0.2) is 13.3 Å². The van der Waals surface area contributed by atoms with Crippen LogP contribution in [-0.2, 0) is 17.8 Å². The Kier molecular flexibility index (Phi) is 3.18. The Morgan fingerprint density at radius 2 is 2.27 bits per heavy atom. The second-order valence-electron chi connectivity index (χ2n) is 3.56. The molecule has 1 aliphatic rings. The summed E-state index contributed by atoms with van der Waals surface area (Å²) in [4.78, 5) is 0. The van der Waals surface area contributed by atoms with Crippen molar-refractivity contribution >= 4 is 0 Å². The number of nitrogens with two attached hydrogens (primary N) is 1. The molecule has 0 aromatic heterocycles. The van der Waals surface area contributed by atoms with Gasteiger partial charge >= 0.3 is 0 Å². The summed E-state index contributed by atoms with van der Waals surface area (Å²) in [5, 5.41) is 0. The third-order valence-corrected chi connectivity index (χ3v) is 2.40. The van der Waals surface area contributed by atoms with Crippen molar-refractivity contribution in [2.24, 2.45) is 5.73 Å². The first-order valence-corrected chi connectivity index (χ1v) is 5.03. The predicted octanol–water partition coefficient (Wildman–Crippen LogP) is 1.58. The van der Waals surface area contributed by atoms with E-state index in [2.05, 4.69) is 0 Å². The fourth-order valence-electron chi connectivity index (χ4n) is 1.73. The third kappa shape index (κ3) is 2.27. The fourth-order valence-corrected chi connectivity index (χ4v) is 1.73. The van der Waals surface area contributed by atoms with Crippen molar-refractivity contribution < 1.29 is 13.9 Å². The molecule has 1 heterocycles. The highest BCUT2D eigenvalue weighted by Crippen LogP contribution is 2.30. The summed E-state index contributed by atoms with van der Waals surface area (Å²) in [5.41, 5.74) is 7.10. The zero-order valence-electron chi connectivity index (χ0n) is 8.46. The van der Waals surface area contributed by atoms with E-state index in [1.807, 2.05) is 0 Å². The van der Waals surface area contributed by atoms with Gasteiger partial charge in [0.1, 0.15) is 11.6 Å². The molecule has 2 rings (SSSR count). The molecule has 2 N–H and O–H groups in total. The van der Waals surface area contributed by atoms with E-state index in [0.29, 0.717) is 13.2 Å². The van der Waals surface area contributed by atoms with Crippen LogP contribution in [0.25, 0.3) is 0 Å². The molecule has 1 aromatic rings. The summed E-state index contributed by atoms with van der Waals surface area (Å²) in [7, 11) is 0. The normalized spacial score (nSPS) is 14.5. The van der Waals surface area contributed by atoms with E-state index >= 15 is 0 Å². The summed E-state index contributed by atoms with van der Waals surface area (Å²) in [6.45, 7) is 1.26. The Bertz CT molecular complexity index is 355. The van der Waals surface area contributed by atoms with Crippen LogP contribution in [0.2, 0.25) is 0 Å². The van der Waals surface area contributed by atoms with Crippen molar-refractivity contribution in [3.8, 4) is 5.75 Å².